The van der Waals surface area contributed by atoms with Crippen LogP contribution in [0, 0.1) is 5.92 Å². The quantitative estimate of drug-likeness (QED) is 0.819. The zero-order chi connectivity index (χ0) is 14.7. The highest BCUT2D eigenvalue weighted by Gasteiger charge is 2.36. The first kappa shape index (κ1) is 15.5. The van der Waals surface area contributed by atoms with E-state index < -0.39 is 0 Å². The second kappa shape index (κ2) is 6.70. The average Bonchev–Trinajstić information content (AvgIpc) is 3.01. The molecule has 0 spiro atoms. The van der Waals surface area contributed by atoms with Crippen LogP contribution in [0.3, 0.4) is 0 Å². The van der Waals surface area contributed by atoms with E-state index in [1.54, 1.807) is 10.9 Å². The van der Waals surface area contributed by atoms with E-state index in [1.807, 2.05) is 13.8 Å². The maximum Gasteiger partial charge on any atom is 0.189 e. The number of carbonyl (C=O) groups is 1. The van der Waals surface area contributed by atoms with Crippen molar-refractivity contribution in [3.63, 3.8) is 0 Å². The number of nitrogens with zero attached hydrogens (tertiary/aromatic N) is 2. The molecule has 0 radical (unpaired) electrons. The SMILES string of the molecule is CCCNC1COCC1C(=O)c1c(Cl)cnn1C(C)C. The lowest BCUT2D eigenvalue weighted by Crippen LogP contribution is -2.40. The van der Waals surface area contributed by atoms with Gasteiger partial charge in [0.2, 0.25) is 0 Å². The third-order valence-corrected chi connectivity index (χ3v) is 3.82. The minimum atomic E-state index is -0.187. The standard InChI is InChI=1S/C14H22ClN3O2/c1-4-5-16-12-8-20-7-10(12)14(19)13-11(15)6-17-18(13)9(2)3/h6,9-10,12,16H,4-5,7-8H2,1-3H3. The predicted molar refractivity (Wildman–Crippen MR) is 78.3 cm³/mol. The maximum atomic E-state index is 12.8. The molecule has 0 amide bonds. The van der Waals surface area contributed by atoms with E-state index in [1.165, 1.54) is 0 Å². The highest BCUT2D eigenvalue weighted by atomic mass is 35.5. The summed E-state index contributed by atoms with van der Waals surface area (Å²) in [7, 11) is 0. The maximum absolute atomic E-state index is 12.8. The van der Waals surface area contributed by atoms with E-state index >= 15 is 0 Å². The Hall–Kier alpha value is -0.910. The van der Waals surface area contributed by atoms with E-state index in [0.717, 1.165) is 13.0 Å². The summed E-state index contributed by atoms with van der Waals surface area (Å²) in [5.74, 6) is -0.166. The van der Waals surface area contributed by atoms with Crippen molar-refractivity contribution in [3.05, 3.63) is 16.9 Å². The van der Waals surface area contributed by atoms with Crippen molar-refractivity contribution < 1.29 is 9.53 Å². The summed E-state index contributed by atoms with van der Waals surface area (Å²) in [5, 5.41) is 7.99. The summed E-state index contributed by atoms with van der Waals surface area (Å²) >= 11 is 6.15. The monoisotopic (exact) mass is 299 g/mol. The molecule has 112 valence electrons. The number of Topliss-reactive ketones (excluding diaryl/α,β-unsaturated/α-hetero) is 1. The van der Waals surface area contributed by atoms with Gasteiger partial charge in [-0.1, -0.05) is 18.5 Å². The molecule has 2 unspecified atom stereocenters. The lowest BCUT2D eigenvalue weighted by molar-refractivity contribution is 0.0878. The Morgan fingerprint density at radius 2 is 2.35 bits per heavy atom. The number of hydrogen-bond acceptors (Lipinski definition) is 4. The number of ether oxygens (including phenoxy) is 1. The number of halogens is 1. The molecule has 0 saturated carbocycles. The summed E-state index contributed by atoms with van der Waals surface area (Å²) in [4.78, 5) is 12.8. The van der Waals surface area contributed by atoms with E-state index in [-0.39, 0.29) is 23.8 Å². The van der Waals surface area contributed by atoms with Gasteiger partial charge in [0.05, 0.1) is 30.4 Å². The second-order valence-electron chi connectivity index (χ2n) is 5.45. The summed E-state index contributed by atoms with van der Waals surface area (Å²) < 4.78 is 7.16. The van der Waals surface area contributed by atoms with Crippen LogP contribution in [0.4, 0.5) is 0 Å². The van der Waals surface area contributed by atoms with Crippen molar-refractivity contribution in [1.29, 1.82) is 0 Å². The van der Waals surface area contributed by atoms with Crippen molar-refractivity contribution in [2.75, 3.05) is 19.8 Å². The normalized spacial score (nSPS) is 22.6. The zero-order valence-corrected chi connectivity index (χ0v) is 13.0. The Bertz CT molecular complexity index is 473. The number of nitrogens with one attached hydrogen (secondary N) is 1. The first-order chi connectivity index (χ1) is 9.56. The lowest BCUT2D eigenvalue weighted by Gasteiger charge is -2.19. The molecule has 0 aliphatic carbocycles. The fraction of sp³-hybridized carbons (Fsp3) is 0.714. The summed E-state index contributed by atoms with van der Waals surface area (Å²) in [5.41, 5.74) is 0.500. The van der Waals surface area contributed by atoms with Gasteiger partial charge in [-0.25, -0.2) is 0 Å². The average molecular weight is 300 g/mol. The first-order valence-corrected chi connectivity index (χ1v) is 7.52. The van der Waals surface area contributed by atoms with E-state index in [2.05, 4.69) is 17.3 Å². The Kier molecular flexibility index (Phi) is 5.18. The van der Waals surface area contributed by atoms with Gasteiger partial charge >= 0.3 is 0 Å². The number of aromatic nitrogens is 2. The summed E-state index contributed by atoms with van der Waals surface area (Å²) in [6.45, 7) is 7.97. The number of hydrogen-bond donors (Lipinski definition) is 1. The van der Waals surface area contributed by atoms with Gasteiger partial charge in [-0.3, -0.25) is 9.48 Å². The van der Waals surface area contributed by atoms with Gasteiger partial charge < -0.3 is 10.1 Å². The summed E-state index contributed by atoms with van der Waals surface area (Å²) in [6, 6.07) is 0.167. The zero-order valence-electron chi connectivity index (χ0n) is 12.2. The third kappa shape index (κ3) is 3.05. The number of ketones is 1. The van der Waals surface area contributed by atoms with Crippen LogP contribution in [0.1, 0.15) is 43.7 Å². The van der Waals surface area contributed by atoms with Crippen molar-refractivity contribution in [1.82, 2.24) is 15.1 Å². The van der Waals surface area contributed by atoms with Crippen LogP contribution in [0.2, 0.25) is 5.02 Å². The van der Waals surface area contributed by atoms with Gasteiger partial charge in [0, 0.05) is 12.1 Å². The van der Waals surface area contributed by atoms with Crippen LogP contribution in [0.15, 0.2) is 6.20 Å². The minimum Gasteiger partial charge on any atom is -0.379 e. The highest BCUT2D eigenvalue weighted by molar-refractivity contribution is 6.33. The molecule has 1 aromatic rings. The van der Waals surface area contributed by atoms with Crippen molar-refractivity contribution in [2.24, 2.45) is 5.92 Å². The molecule has 2 atom stereocenters. The molecule has 5 nitrogen and oxygen atoms in total. The van der Waals surface area contributed by atoms with Gasteiger partial charge in [-0.05, 0) is 26.8 Å². The molecule has 20 heavy (non-hydrogen) atoms. The van der Waals surface area contributed by atoms with Gasteiger partial charge in [-0.2, -0.15) is 5.10 Å². The fourth-order valence-electron chi connectivity index (χ4n) is 2.48. The van der Waals surface area contributed by atoms with Gasteiger partial charge in [0.25, 0.3) is 0 Å². The Morgan fingerprint density at radius 3 is 3.00 bits per heavy atom. The minimum absolute atomic E-state index is 0.0207. The van der Waals surface area contributed by atoms with Crippen LogP contribution in [-0.2, 0) is 4.74 Å². The van der Waals surface area contributed by atoms with Crippen molar-refractivity contribution >= 4 is 17.4 Å². The molecule has 1 N–H and O–H groups in total. The predicted octanol–water partition coefficient (Wildman–Crippen LogP) is 2.31. The Morgan fingerprint density at radius 1 is 1.60 bits per heavy atom. The highest BCUT2D eigenvalue weighted by Crippen LogP contribution is 2.26. The molecule has 1 fully saturated rings. The molecule has 6 heteroatoms. The molecule has 1 aliphatic heterocycles. The third-order valence-electron chi connectivity index (χ3n) is 3.55. The summed E-state index contributed by atoms with van der Waals surface area (Å²) in [6.07, 6.45) is 2.57. The first-order valence-electron chi connectivity index (χ1n) is 7.14. The van der Waals surface area contributed by atoms with E-state index in [4.69, 9.17) is 16.3 Å². The molecule has 1 aliphatic rings. The lowest BCUT2D eigenvalue weighted by atomic mass is 9.96. The molecular formula is C14H22ClN3O2. The van der Waals surface area contributed by atoms with Crippen LogP contribution in [-0.4, -0.2) is 41.4 Å². The van der Waals surface area contributed by atoms with Crippen molar-refractivity contribution in [2.45, 2.75) is 39.3 Å². The van der Waals surface area contributed by atoms with Gasteiger partial charge in [0.15, 0.2) is 5.78 Å². The second-order valence-corrected chi connectivity index (χ2v) is 5.86. The smallest absolute Gasteiger partial charge is 0.189 e. The molecule has 2 heterocycles. The largest absolute Gasteiger partial charge is 0.379 e. The molecule has 1 saturated heterocycles. The van der Waals surface area contributed by atoms with Gasteiger partial charge in [0.1, 0.15) is 5.69 Å². The topological polar surface area (TPSA) is 56.1 Å². The molecule has 0 bridgehead atoms. The fourth-order valence-corrected chi connectivity index (χ4v) is 2.71. The Labute approximate surface area is 124 Å². The van der Waals surface area contributed by atoms with E-state index in [9.17, 15) is 4.79 Å². The number of rotatable bonds is 6. The Balaban J connectivity index is 2.20. The molecule has 1 aromatic heterocycles. The van der Waals surface area contributed by atoms with Gasteiger partial charge in [-0.15, -0.1) is 0 Å². The van der Waals surface area contributed by atoms with Crippen LogP contribution >= 0.6 is 11.6 Å². The van der Waals surface area contributed by atoms with Crippen LogP contribution < -0.4 is 5.32 Å². The molecular weight excluding hydrogens is 278 g/mol. The number of carbonyl (C=O) groups excluding carboxylic acids is 1. The van der Waals surface area contributed by atoms with Crippen LogP contribution in [0.25, 0.3) is 0 Å². The molecule has 2 rings (SSSR count). The molecule has 0 aromatic carbocycles. The van der Waals surface area contributed by atoms with Crippen molar-refractivity contribution in [3.8, 4) is 0 Å². The van der Waals surface area contributed by atoms with E-state index in [0.29, 0.717) is 23.9 Å². The van der Waals surface area contributed by atoms with Crippen LogP contribution in [0.5, 0.6) is 0 Å².